The van der Waals surface area contributed by atoms with Crippen molar-refractivity contribution in [3.63, 3.8) is 0 Å². The third kappa shape index (κ3) is 1.75. The third-order valence-electron chi connectivity index (χ3n) is 1.79. The normalized spacial score (nSPS) is 11.0. The fourth-order valence-corrected chi connectivity index (χ4v) is 3.18. The average molecular weight is 294 g/mol. The summed E-state index contributed by atoms with van der Waals surface area (Å²) in [5, 5.41) is 1.22. The maximum Gasteiger partial charge on any atom is 0.0568 e. The Morgan fingerprint density at radius 3 is 2.92 bits per heavy atom. The molecular weight excluding hydrogens is 288 g/mol. The van der Waals surface area contributed by atoms with Crippen LogP contribution >= 0.6 is 51.5 Å². The van der Waals surface area contributed by atoms with Crippen molar-refractivity contribution < 1.29 is 0 Å². The maximum absolute atomic E-state index is 5.76. The molecule has 0 N–H and O–H groups in total. The van der Waals surface area contributed by atoms with Gasteiger partial charge in [-0.05, 0) is 33.4 Å². The highest BCUT2D eigenvalue weighted by molar-refractivity contribution is 9.10. The molecule has 0 aliphatic carbocycles. The summed E-state index contributed by atoms with van der Waals surface area (Å²) in [6.07, 6.45) is 0. The number of rotatable bonds is 1. The van der Waals surface area contributed by atoms with Gasteiger partial charge in [0.2, 0.25) is 0 Å². The van der Waals surface area contributed by atoms with Gasteiger partial charge in [0, 0.05) is 18.9 Å². The maximum atomic E-state index is 5.76. The molecule has 4 heteroatoms. The lowest BCUT2D eigenvalue weighted by Crippen LogP contribution is -1.68. The Kier molecular flexibility index (Phi) is 2.88. The Labute approximate surface area is 99.4 Å². The molecule has 0 nitrogen and oxygen atoms in total. The molecule has 0 saturated heterocycles. The van der Waals surface area contributed by atoms with Crippen LogP contribution in [0.15, 0.2) is 27.6 Å². The quantitative estimate of drug-likeness (QED) is 0.572. The van der Waals surface area contributed by atoms with Crippen molar-refractivity contribution in [3.05, 3.63) is 27.5 Å². The highest BCUT2D eigenvalue weighted by Crippen LogP contribution is 2.35. The lowest BCUT2D eigenvalue weighted by Gasteiger charge is -1.96. The Morgan fingerprint density at radius 2 is 2.23 bits per heavy atom. The number of thiophene rings is 1. The standard InChI is InChI=1S/C9H6BrClS2/c10-7-2-1-5-3-6(4-11)13-9(5)8(7)12/h1-3,12H,4H2. The molecule has 0 saturated carbocycles. The zero-order chi connectivity index (χ0) is 9.42. The van der Waals surface area contributed by atoms with E-state index in [-0.39, 0.29) is 0 Å². The van der Waals surface area contributed by atoms with Crippen LogP contribution in [0, 0.1) is 0 Å². The first-order valence-corrected chi connectivity index (χ1v) is 6.27. The number of alkyl halides is 1. The number of fused-ring (bicyclic) bond motifs is 1. The molecule has 2 rings (SSSR count). The molecule has 0 radical (unpaired) electrons. The SMILES string of the molecule is Sc1c(Br)ccc2cc(CCl)sc12. The minimum absolute atomic E-state index is 0.574. The van der Waals surface area contributed by atoms with Crippen LogP contribution in [-0.2, 0) is 5.88 Å². The van der Waals surface area contributed by atoms with Crippen molar-refractivity contribution in [1.29, 1.82) is 0 Å². The first-order valence-electron chi connectivity index (χ1n) is 3.68. The molecule has 0 spiro atoms. The van der Waals surface area contributed by atoms with E-state index in [9.17, 15) is 0 Å². The molecule has 0 aliphatic rings. The predicted molar refractivity (Wildman–Crippen MR) is 66.3 cm³/mol. The molecule has 68 valence electrons. The summed E-state index contributed by atoms with van der Waals surface area (Å²) in [5.74, 6) is 0.574. The molecule has 1 heterocycles. The first-order chi connectivity index (χ1) is 6.22. The van der Waals surface area contributed by atoms with Gasteiger partial charge in [-0.1, -0.05) is 6.07 Å². The summed E-state index contributed by atoms with van der Waals surface area (Å²) in [7, 11) is 0. The van der Waals surface area contributed by atoms with Crippen LogP contribution in [0.25, 0.3) is 10.1 Å². The smallest absolute Gasteiger partial charge is 0.0568 e. The molecule has 0 aliphatic heterocycles. The number of benzene rings is 1. The van der Waals surface area contributed by atoms with E-state index in [2.05, 4.69) is 40.7 Å². The van der Waals surface area contributed by atoms with E-state index in [4.69, 9.17) is 11.6 Å². The van der Waals surface area contributed by atoms with Crippen LogP contribution in [0.5, 0.6) is 0 Å². The molecule has 0 bridgehead atoms. The zero-order valence-electron chi connectivity index (χ0n) is 6.55. The summed E-state index contributed by atoms with van der Waals surface area (Å²) in [6.45, 7) is 0. The molecule has 1 aromatic carbocycles. The Bertz CT molecular complexity index is 450. The molecule has 1 aromatic heterocycles. The third-order valence-corrected chi connectivity index (χ3v) is 4.99. The molecule has 0 amide bonds. The molecule has 2 aromatic rings. The van der Waals surface area contributed by atoms with Crippen molar-refractivity contribution in [1.82, 2.24) is 0 Å². The van der Waals surface area contributed by atoms with Crippen molar-refractivity contribution in [2.24, 2.45) is 0 Å². The minimum Gasteiger partial charge on any atom is -0.141 e. The van der Waals surface area contributed by atoms with Crippen molar-refractivity contribution in [2.75, 3.05) is 0 Å². The zero-order valence-corrected chi connectivity index (χ0v) is 10.6. The highest BCUT2D eigenvalue weighted by Gasteiger charge is 2.06. The first kappa shape index (κ1) is 9.84. The minimum atomic E-state index is 0.574. The van der Waals surface area contributed by atoms with Crippen LogP contribution in [-0.4, -0.2) is 0 Å². The van der Waals surface area contributed by atoms with Crippen LogP contribution < -0.4 is 0 Å². The van der Waals surface area contributed by atoms with Gasteiger partial charge in [0.25, 0.3) is 0 Å². The number of thiol groups is 1. The summed E-state index contributed by atoms with van der Waals surface area (Å²) < 4.78 is 2.24. The fraction of sp³-hybridized carbons (Fsp3) is 0.111. The van der Waals surface area contributed by atoms with E-state index in [1.54, 1.807) is 11.3 Å². The number of hydrogen-bond acceptors (Lipinski definition) is 2. The van der Waals surface area contributed by atoms with Gasteiger partial charge in [0.15, 0.2) is 0 Å². The van der Waals surface area contributed by atoms with Crippen LogP contribution in [0.4, 0.5) is 0 Å². The lowest BCUT2D eigenvalue weighted by atomic mass is 10.2. The second kappa shape index (κ2) is 3.81. The van der Waals surface area contributed by atoms with Gasteiger partial charge in [-0.25, -0.2) is 0 Å². The Morgan fingerprint density at radius 1 is 1.46 bits per heavy atom. The second-order valence-electron chi connectivity index (χ2n) is 2.66. The summed E-state index contributed by atoms with van der Waals surface area (Å²) in [4.78, 5) is 2.18. The molecule has 0 fully saturated rings. The Balaban J connectivity index is 2.76. The van der Waals surface area contributed by atoms with E-state index >= 15 is 0 Å². The fourth-order valence-electron chi connectivity index (χ4n) is 1.18. The van der Waals surface area contributed by atoms with Gasteiger partial charge in [-0.3, -0.25) is 0 Å². The van der Waals surface area contributed by atoms with Gasteiger partial charge in [-0.15, -0.1) is 35.6 Å². The average Bonchev–Trinajstić information content (AvgIpc) is 2.55. The van der Waals surface area contributed by atoms with E-state index in [1.807, 2.05) is 6.07 Å². The second-order valence-corrected chi connectivity index (χ2v) is 5.37. The number of halogens is 2. The van der Waals surface area contributed by atoms with Crippen LogP contribution in [0.1, 0.15) is 4.88 Å². The highest BCUT2D eigenvalue weighted by atomic mass is 79.9. The van der Waals surface area contributed by atoms with Gasteiger partial charge >= 0.3 is 0 Å². The monoisotopic (exact) mass is 292 g/mol. The van der Waals surface area contributed by atoms with Crippen molar-refractivity contribution in [3.8, 4) is 0 Å². The van der Waals surface area contributed by atoms with Crippen LogP contribution in [0.3, 0.4) is 0 Å². The topological polar surface area (TPSA) is 0 Å². The van der Waals surface area contributed by atoms with Gasteiger partial charge in [0.1, 0.15) is 0 Å². The molecular formula is C9H6BrClS2. The van der Waals surface area contributed by atoms with Gasteiger partial charge in [-0.2, -0.15) is 0 Å². The molecule has 0 unspecified atom stereocenters. The summed E-state index contributed by atoms with van der Waals surface area (Å²) in [6, 6.07) is 6.19. The van der Waals surface area contributed by atoms with E-state index < -0.39 is 0 Å². The van der Waals surface area contributed by atoms with E-state index in [1.165, 1.54) is 15.0 Å². The van der Waals surface area contributed by atoms with Crippen molar-refractivity contribution in [2.45, 2.75) is 10.8 Å². The largest absolute Gasteiger partial charge is 0.141 e. The lowest BCUT2D eigenvalue weighted by molar-refractivity contribution is 1.52. The van der Waals surface area contributed by atoms with Gasteiger partial charge < -0.3 is 0 Å². The Hall–Kier alpha value is 0.300. The number of hydrogen-bond donors (Lipinski definition) is 1. The molecule has 0 atom stereocenters. The molecule has 13 heavy (non-hydrogen) atoms. The van der Waals surface area contributed by atoms with Gasteiger partial charge in [0.05, 0.1) is 5.88 Å². The van der Waals surface area contributed by atoms with Crippen molar-refractivity contribution >= 4 is 61.6 Å². The summed E-state index contributed by atoms with van der Waals surface area (Å²) >= 11 is 15.3. The van der Waals surface area contributed by atoms with E-state index in [0.29, 0.717) is 5.88 Å². The van der Waals surface area contributed by atoms with Crippen LogP contribution in [0.2, 0.25) is 0 Å². The summed E-state index contributed by atoms with van der Waals surface area (Å²) in [5.41, 5.74) is 0. The predicted octanol–water partition coefficient (Wildman–Crippen LogP) is 4.69. The van der Waals surface area contributed by atoms with E-state index in [0.717, 1.165) is 9.37 Å².